The quantitative estimate of drug-likeness (QED) is 0.803. The van der Waals surface area contributed by atoms with Gasteiger partial charge in [-0.15, -0.1) is 0 Å². The van der Waals surface area contributed by atoms with Crippen LogP contribution in [0.5, 0.6) is 0 Å². The van der Waals surface area contributed by atoms with E-state index in [0.717, 1.165) is 24.6 Å². The maximum Gasteiger partial charge on any atom is 0.416 e. The molecule has 1 aliphatic carbocycles. The summed E-state index contributed by atoms with van der Waals surface area (Å²) < 4.78 is 39.5. The van der Waals surface area contributed by atoms with Crippen LogP contribution in [0.3, 0.4) is 0 Å². The number of rotatable bonds is 5. The Morgan fingerprint density at radius 2 is 1.88 bits per heavy atom. The van der Waals surface area contributed by atoms with E-state index < -0.39 is 11.7 Å². The van der Waals surface area contributed by atoms with Crippen LogP contribution in [0.1, 0.15) is 42.6 Å². The highest BCUT2D eigenvalue weighted by Gasteiger charge is 2.38. The van der Waals surface area contributed by atoms with Gasteiger partial charge in [-0.05, 0) is 43.5 Å². The third-order valence-electron chi connectivity index (χ3n) is 4.43. The van der Waals surface area contributed by atoms with Crippen molar-refractivity contribution in [2.45, 2.75) is 44.4 Å². The van der Waals surface area contributed by atoms with Crippen LogP contribution >= 0.6 is 0 Å². The van der Waals surface area contributed by atoms with Crippen LogP contribution in [0, 0.1) is 0 Å². The lowest BCUT2D eigenvalue weighted by Gasteiger charge is -2.29. The van der Waals surface area contributed by atoms with E-state index >= 15 is 0 Å². The largest absolute Gasteiger partial charge is 0.416 e. The highest BCUT2D eigenvalue weighted by molar-refractivity contribution is 5.80. The van der Waals surface area contributed by atoms with Gasteiger partial charge >= 0.3 is 6.18 Å². The molecule has 0 N–H and O–H groups in total. The van der Waals surface area contributed by atoms with Gasteiger partial charge in [0, 0.05) is 12.2 Å². The summed E-state index contributed by atoms with van der Waals surface area (Å²) in [6.45, 7) is 1.87. The molecule has 0 unspecified atom stereocenters. The lowest BCUT2D eigenvalue weighted by atomic mass is 10.0. The average molecular weight is 348 g/mol. The topological polar surface area (TPSA) is 33.2 Å². The Hall–Kier alpha value is -2.37. The summed E-state index contributed by atoms with van der Waals surface area (Å²) in [6, 6.07) is 10.5. The number of benzene rings is 1. The highest BCUT2D eigenvalue weighted by Crippen LogP contribution is 2.36. The molecule has 1 saturated carbocycles. The van der Waals surface area contributed by atoms with E-state index in [1.54, 1.807) is 17.2 Å². The minimum absolute atomic E-state index is 0.0128. The molecule has 3 rings (SSSR count). The summed E-state index contributed by atoms with van der Waals surface area (Å²) >= 11 is 0. The molecule has 132 valence electrons. The Balaban J connectivity index is 1.84. The maximum atomic E-state index is 13.2. The molecule has 2 aromatic rings. The Labute approximate surface area is 144 Å². The molecular weight excluding hydrogens is 329 g/mol. The maximum absolute atomic E-state index is 13.2. The standard InChI is InChI=1S/C19H19F3N2O/c1-13(17-8-4-5-11-23-17)24(15-9-10-15)18(25)12-14-6-2-3-7-16(14)19(20,21)22/h2-8,11,13,15H,9-10,12H2,1H3/t13-/m1/s1. The summed E-state index contributed by atoms with van der Waals surface area (Å²) in [5, 5.41) is 0. The zero-order valence-electron chi connectivity index (χ0n) is 13.8. The molecule has 0 bridgehead atoms. The van der Waals surface area contributed by atoms with Crippen molar-refractivity contribution in [3.8, 4) is 0 Å². The van der Waals surface area contributed by atoms with Gasteiger partial charge in [0.05, 0.1) is 23.7 Å². The number of carbonyl (C=O) groups excluding carboxylic acids is 1. The van der Waals surface area contributed by atoms with Gasteiger partial charge in [0.25, 0.3) is 0 Å². The van der Waals surface area contributed by atoms with Gasteiger partial charge < -0.3 is 4.90 Å². The number of pyridine rings is 1. The fourth-order valence-electron chi connectivity index (χ4n) is 3.06. The fraction of sp³-hybridized carbons (Fsp3) is 0.368. The predicted molar refractivity (Wildman–Crippen MR) is 87.7 cm³/mol. The summed E-state index contributed by atoms with van der Waals surface area (Å²) in [7, 11) is 0. The number of nitrogens with zero attached hydrogens (tertiary/aromatic N) is 2. The third kappa shape index (κ3) is 4.00. The first-order valence-electron chi connectivity index (χ1n) is 8.25. The first-order valence-corrected chi connectivity index (χ1v) is 8.25. The van der Waals surface area contributed by atoms with E-state index in [9.17, 15) is 18.0 Å². The lowest BCUT2D eigenvalue weighted by molar-refractivity contribution is -0.139. The second kappa shape index (κ2) is 6.86. The van der Waals surface area contributed by atoms with Crippen LogP contribution in [0.25, 0.3) is 0 Å². The van der Waals surface area contributed by atoms with Crippen molar-refractivity contribution in [1.82, 2.24) is 9.88 Å². The highest BCUT2D eigenvalue weighted by atomic mass is 19.4. The molecule has 1 amide bonds. The average Bonchev–Trinajstić information content (AvgIpc) is 3.40. The minimum atomic E-state index is -4.46. The summed E-state index contributed by atoms with van der Waals surface area (Å²) in [4.78, 5) is 18.8. The minimum Gasteiger partial charge on any atom is -0.331 e. The van der Waals surface area contributed by atoms with E-state index in [4.69, 9.17) is 0 Å². The molecule has 1 aromatic carbocycles. The molecule has 0 radical (unpaired) electrons. The Morgan fingerprint density at radius 3 is 2.48 bits per heavy atom. The first-order chi connectivity index (χ1) is 11.9. The van der Waals surface area contributed by atoms with Crippen molar-refractivity contribution in [2.75, 3.05) is 0 Å². The molecule has 1 fully saturated rings. The number of hydrogen-bond donors (Lipinski definition) is 0. The van der Waals surface area contributed by atoms with Crippen LogP contribution in [-0.2, 0) is 17.4 Å². The molecule has 6 heteroatoms. The number of aromatic nitrogens is 1. The number of amides is 1. The SMILES string of the molecule is C[C@H](c1ccccn1)N(C(=O)Cc1ccccc1C(F)(F)F)C1CC1. The van der Waals surface area contributed by atoms with Crippen LogP contribution in [0.15, 0.2) is 48.7 Å². The van der Waals surface area contributed by atoms with Gasteiger partial charge in [0.15, 0.2) is 0 Å². The van der Waals surface area contributed by atoms with Crippen LogP contribution < -0.4 is 0 Å². The van der Waals surface area contributed by atoms with Gasteiger partial charge in [-0.1, -0.05) is 24.3 Å². The van der Waals surface area contributed by atoms with Gasteiger partial charge in [-0.2, -0.15) is 13.2 Å². The molecule has 25 heavy (non-hydrogen) atoms. The van der Waals surface area contributed by atoms with E-state index in [0.29, 0.717) is 0 Å². The molecule has 0 saturated heterocycles. The molecule has 0 aliphatic heterocycles. The molecule has 3 nitrogen and oxygen atoms in total. The van der Waals surface area contributed by atoms with Gasteiger partial charge in [-0.3, -0.25) is 9.78 Å². The Bertz CT molecular complexity index is 742. The molecule has 1 heterocycles. The zero-order chi connectivity index (χ0) is 18.0. The van der Waals surface area contributed by atoms with Gasteiger partial charge in [0.1, 0.15) is 0 Å². The van der Waals surface area contributed by atoms with Crippen LogP contribution in [0.2, 0.25) is 0 Å². The third-order valence-corrected chi connectivity index (χ3v) is 4.43. The van der Waals surface area contributed by atoms with E-state index in [1.165, 1.54) is 18.2 Å². The van der Waals surface area contributed by atoms with Crippen molar-refractivity contribution < 1.29 is 18.0 Å². The normalized spacial score (nSPS) is 15.7. The second-order valence-corrected chi connectivity index (χ2v) is 6.29. The molecule has 1 atom stereocenters. The van der Waals surface area contributed by atoms with Gasteiger partial charge in [0.2, 0.25) is 5.91 Å². The van der Waals surface area contributed by atoms with Crippen molar-refractivity contribution in [2.24, 2.45) is 0 Å². The molecule has 0 spiro atoms. The molecule has 1 aliphatic rings. The second-order valence-electron chi connectivity index (χ2n) is 6.29. The zero-order valence-corrected chi connectivity index (χ0v) is 13.8. The monoisotopic (exact) mass is 348 g/mol. The van der Waals surface area contributed by atoms with Crippen LogP contribution in [-0.4, -0.2) is 21.8 Å². The predicted octanol–water partition coefficient (Wildman–Crippen LogP) is 4.40. The smallest absolute Gasteiger partial charge is 0.331 e. The summed E-state index contributed by atoms with van der Waals surface area (Å²) in [5.41, 5.74) is 0.00955. The lowest BCUT2D eigenvalue weighted by Crippen LogP contribution is -2.37. The first kappa shape index (κ1) is 17.5. The van der Waals surface area contributed by atoms with E-state index in [1.807, 2.05) is 19.1 Å². The molecule has 1 aromatic heterocycles. The van der Waals surface area contributed by atoms with Crippen molar-refractivity contribution in [3.05, 3.63) is 65.5 Å². The number of carbonyl (C=O) groups is 1. The molecular formula is C19H19F3N2O. The van der Waals surface area contributed by atoms with E-state index in [2.05, 4.69) is 4.98 Å². The van der Waals surface area contributed by atoms with E-state index in [-0.39, 0.29) is 30.0 Å². The van der Waals surface area contributed by atoms with Crippen molar-refractivity contribution in [1.29, 1.82) is 0 Å². The van der Waals surface area contributed by atoms with Crippen molar-refractivity contribution in [3.63, 3.8) is 0 Å². The Kier molecular flexibility index (Phi) is 4.79. The number of halogens is 3. The summed E-state index contributed by atoms with van der Waals surface area (Å²) in [6.07, 6.45) is -1.31. The number of alkyl halides is 3. The fourth-order valence-corrected chi connectivity index (χ4v) is 3.06. The summed E-state index contributed by atoms with van der Waals surface area (Å²) in [5.74, 6) is -0.294. The number of hydrogen-bond acceptors (Lipinski definition) is 2. The van der Waals surface area contributed by atoms with Gasteiger partial charge in [-0.25, -0.2) is 0 Å². The Morgan fingerprint density at radius 1 is 1.20 bits per heavy atom. The van der Waals surface area contributed by atoms with Crippen LogP contribution in [0.4, 0.5) is 13.2 Å². The van der Waals surface area contributed by atoms with Crippen molar-refractivity contribution >= 4 is 5.91 Å².